The Labute approximate surface area is 104 Å². The van der Waals surface area contributed by atoms with Gasteiger partial charge in [0.25, 0.3) is 0 Å². The number of anilines is 1. The number of fused-ring (bicyclic) bond motifs is 1. The summed E-state index contributed by atoms with van der Waals surface area (Å²) in [6, 6.07) is 10.6. The van der Waals surface area contributed by atoms with Crippen molar-refractivity contribution in [3.63, 3.8) is 0 Å². The minimum absolute atomic E-state index is 0.0872. The zero-order valence-corrected chi connectivity index (χ0v) is 11.5. The van der Waals surface area contributed by atoms with Gasteiger partial charge in [0.2, 0.25) is 0 Å². The molecule has 0 saturated heterocycles. The van der Waals surface area contributed by atoms with E-state index in [4.69, 9.17) is 4.43 Å². The van der Waals surface area contributed by atoms with Crippen molar-refractivity contribution < 1.29 is 4.43 Å². The summed E-state index contributed by atoms with van der Waals surface area (Å²) in [5, 5.41) is 12.6. The highest BCUT2D eigenvalue weighted by Gasteiger charge is 2.32. The molecule has 1 N–H and O–H groups in total. The lowest BCUT2D eigenvalue weighted by molar-refractivity contribution is 0.227. The molecule has 3 nitrogen and oxygen atoms in total. The van der Waals surface area contributed by atoms with Crippen LogP contribution in [-0.2, 0) is 10.8 Å². The van der Waals surface area contributed by atoms with Crippen LogP contribution in [0.1, 0.15) is 5.56 Å². The van der Waals surface area contributed by atoms with Crippen LogP contribution in [0.5, 0.6) is 0 Å². The molecule has 1 aliphatic rings. The van der Waals surface area contributed by atoms with Crippen molar-refractivity contribution in [1.82, 2.24) is 0 Å². The van der Waals surface area contributed by atoms with Crippen molar-refractivity contribution in [3.05, 3.63) is 29.8 Å². The average Bonchev–Trinajstić information content (AvgIpc) is 2.67. The first kappa shape index (κ1) is 12.2. The van der Waals surface area contributed by atoms with Crippen LogP contribution >= 0.6 is 0 Å². The summed E-state index contributed by atoms with van der Waals surface area (Å²) in [4.78, 5) is 0. The predicted molar refractivity (Wildman–Crippen MR) is 71.4 cm³/mol. The molecule has 1 heterocycles. The summed E-state index contributed by atoms with van der Waals surface area (Å²) in [5.41, 5.74) is 2.41. The predicted octanol–water partition coefficient (Wildman–Crippen LogP) is 2.77. The number of para-hydroxylation sites is 1. The fourth-order valence-corrected chi connectivity index (χ4v) is 3.07. The Morgan fingerprint density at radius 3 is 2.71 bits per heavy atom. The third kappa shape index (κ3) is 2.87. The van der Waals surface area contributed by atoms with Crippen LogP contribution in [0, 0.1) is 11.3 Å². The topological polar surface area (TPSA) is 45.0 Å². The fraction of sp³-hybridized carbons (Fsp3) is 0.462. The van der Waals surface area contributed by atoms with Crippen molar-refractivity contribution in [2.45, 2.75) is 38.2 Å². The van der Waals surface area contributed by atoms with Gasteiger partial charge in [-0.15, -0.1) is 0 Å². The smallest absolute Gasteiger partial charge is 0.185 e. The molecule has 1 aliphatic heterocycles. The monoisotopic (exact) mass is 246 g/mol. The molecule has 17 heavy (non-hydrogen) atoms. The highest BCUT2D eigenvalue weighted by Crippen LogP contribution is 2.28. The van der Waals surface area contributed by atoms with Crippen molar-refractivity contribution >= 4 is 14.0 Å². The number of hydrogen-bond donors (Lipinski definition) is 1. The maximum absolute atomic E-state index is 9.24. The van der Waals surface area contributed by atoms with Gasteiger partial charge in [0.1, 0.15) is 0 Å². The first-order valence-electron chi connectivity index (χ1n) is 5.91. The summed E-state index contributed by atoms with van der Waals surface area (Å²) in [5.74, 6) is 0. The second kappa shape index (κ2) is 4.51. The van der Waals surface area contributed by atoms with Gasteiger partial charge in [-0.2, -0.15) is 5.26 Å². The first-order chi connectivity index (χ1) is 7.99. The van der Waals surface area contributed by atoms with Crippen LogP contribution in [0.15, 0.2) is 24.3 Å². The molecule has 0 amide bonds. The van der Waals surface area contributed by atoms with Crippen molar-refractivity contribution in [1.29, 1.82) is 5.26 Å². The molecule has 2 rings (SSSR count). The van der Waals surface area contributed by atoms with Crippen molar-refractivity contribution in [2.75, 3.05) is 5.32 Å². The van der Waals surface area contributed by atoms with Crippen LogP contribution in [0.2, 0.25) is 19.6 Å². The molecule has 0 fully saturated rings. The third-order valence-electron chi connectivity index (χ3n) is 2.77. The van der Waals surface area contributed by atoms with Crippen LogP contribution in [0.4, 0.5) is 5.69 Å². The SMILES string of the molecule is C[Si](C)(C)OC(C#N)[C@@H]1Cc2ccccc2N1. The lowest BCUT2D eigenvalue weighted by Crippen LogP contribution is -2.40. The third-order valence-corrected chi connectivity index (χ3v) is 3.73. The molecule has 0 bridgehead atoms. The molecule has 0 aromatic heterocycles. The Bertz CT molecular complexity index is 422. The van der Waals surface area contributed by atoms with E-state index in [2.05, 4.69) is 43.2 Å². The quantitative estimate of drug-likeness (QED) is 0.834. The van der Waals surface area contributed by atoms with E-state index in [1.165, 1.54) is 5.56 Å². The Hall–Kier alpha value is -1.31. The van der Waals surface area contributed by atoms with E-state index in [0.717, 1.165) is 12.1 Å². The van der Waals surface area contributed by atoms with E-state index < -0.39 is 8.32 Å². The summed E-state index contributed by atoms with van der Waals surface area (Å²) in [7, 11) is -1.67. The second-order valence-corrected chi connectivity index (χ2v) is 9.85. The van der Waals surface area contributed by atoms with E-state index in [0.29, 0.717) is 0 Å². The molecule has 0 aliphatic carbocycles. The molecule has 0 radical (unpaired) electrons. The average molecular weight is 246 g/mol. The molecular formula is C13H18N2OSi. The van der Waals surface area contributed by atoms with Crippen molar-refractivity contribution in [3.8, 4) is 6.07 Å². The Balaban J connectivity index is 2.09. The lowest BCUT2D eigenvalue weighted by atomic mass is 10.1. The highest BCUT2D eigenvalue weighted by atomic mass is 28.4. The van der Waals surface area contributed by atoms with Gasteiger partial charge in [0.15, 0.2) is 14.4 Å². The molecular weight excluding hydrogens is 228 g/mol. The molecule has 90 valence electrons. The van der Waals surface area contributed by atoms with E-state index in [-0.39, 0.29) is 12.1 Å². The molecule has 2 atom stereocenters. The van der Waals surface area contributed by atoms with Crippen LogP contribution < -0.4 is 5.32 Å². The van der Waals surface area contributed by atoms with E-state index >= 15 is 0 Å². The zero-order chi connectivity index (χ0) is 12.5. The maximum Gasteiger partial charge on any atom is 0.185 e. The summed E-state index contributed by atoms with van der Waals surface area (Å²) < 4.78 is 5.92. The number of nitrogens with one attached hydrogen (secondary N) is 1. The molecule has 1 aromatic rings. The summed E-state index contributed by atoms with van der Waals surface area (Å²) in [6.45, 7) is 6.33. The van der Waals surface area contributed by atoms with E-state index in [1.807, 2.05) is 12.1 Å². The molecule has 1 unspecified atom stereocenters. The van der Waals surface area contributed by atoms with Crippen LogP contribution in [-0.4, -0.2) is 20.5 Å². The van der Waals surface area contributed by atoms with Gasteiger partial charge < -0.3 is 9.74 Å². The maximum atomic E-state index is 9.24. The van der Waals surface area contributed by atoms with Crippen LogP contribution in [0.25, 0.3) is 0 Å². The molecule has 1 aromatic carbocycles. The standard InChI is InChI=1S/C13H18N2OSi/c1-17(2,3)16-13(9-14)12-8-10-6-4-5-7-11(10)15-12/h4-7,12-13,15H,8H2,1-3H3/t12-,13?/m0/s1. The Morgan fingerprint density at radius 1 is 1.41 bits per heavy atom. The number of nitriles is 1. The zero-order valence-electron chi connectivity index (χ0n) is 10.5. The van der Waals surface area contributed by atoms with E-state index in [1.54, 1.807) is 0 Å². The van der Waals surface area contributed by atoms with E-state index in [9.17, 15) is 5.26 Å². The Kier molecular flexibility index (Phi) is 3.23. The number of hydrogen-bond acceptors (Lipinski definition) is 3. The number of nitrogens with zero attached hydrogens (tertiary/aromatic N) is 1. The minimum atomic E-state index is -1.67. The van der Waals surface area contributed by atoms with Gasteiger partial charge in [0.05, 0.1) is 12.1 Å². The van der Waals surface area contributed by atoms with Gasteiger partial charge in [-0.3, -0.25) is 0 Å². The molecule has 0 spiro atoms. The summed E-state index contributed by atoms with van der Waals surface area (Å²) in [6.07, 6.45) is 0.521. The highest BCUT2D eigenvalue weighted by molar-refractivity contribution is 6.69. The largest absolute Gasteiger partial charge is 0.401 e. The molecule has 0 saturated carbocycles. The van der Waals surface area contributed by atoms with Crippen molar-refractivity contribution in [2.24, 2.45) is 0 Å². The second-order valence-electron chi connectivity index (χ2n) is 5.39. The minimum Gasteiger partial charge on any atom is -0.401 e. The van der Waals surface area contributed by atoms with Gasteiger partial charge in [-0.25, -0.2) is 0 Å². The fourth-order valence-electron chi connectivity index (χ4n) is 2.09. The number of rotatable bonds is 3. The van der Waals surface area contributed by atoms with Gasteiger partial charge in [-0.1, -0.05) is 18.2 Å². The van der Waals surface area contributed by atoms with Gasteiger partial charge >= 0.3 is 0 Å². The summed E-state index contributed by atoms with van der Waals surface area (Å²) >= 11 is 0. The van der Waals surface area contributed by atoms with Gasteiger partial charge in [0, 0.05) is 5.69 Å². The number of benzene rings is 1. The molecule has 4 heteroatoms. The Morgan fingerprint density at radius 2 is 2.12 bits per heavy atom. The lowest BCUT2D eigenvalue weighted by Gasteiger charge is -2.26. The normalized spacial score (nSPS) is 20.2. The van der Waals surface area contributed by atoms with Gasteiger partial charge in [-0.05, 0) is 37.7 Å². The first-order valence-corrected chi connectivity index (χ1v) is 9.32. The van der Waals surface area contributed by atoms with Crippen LogP contribution in [0.3, 0.4) is 0 Å².